The van der Waals surface area contributed by atoms with Crippen molar-refractivity contribution in [1.82, 2.24) is 24.9 Å². The lowest BCUT2D eigenvalue weighted by molar-refractivity contribution is -0.292. The number of carbonyl (C=O) groups is 1. The number of carbonyl (C=O) groups excluding carboxylic acids is 1. The van der Waals surface area contributed by atoms with E-state index in [9.17, 15) is 45.2 Å². The summed E-state index contributed by atoms with van der Waals surface area (Å²) in [6, 6.07) is 3.16. The molecule has 0 atom stereocenters. The summed E-state index contributed by atoms with van der Waals surface area (Å²) in [6.45, 7) is 0. The quantitative estimate of drug-likeness (QED) is 0.487. The zero-order chi connectivity index (χ0) is 25.9. The first kappa shape index (κ1) is 24.6. The number of alkyl halides is 8. The Morgan fingerprint density at radius 2 is 1.86 bits per heavy atom. The summed E-state index contributed by atoms with van der Waals surface area (Å²) < 4.78 is 108. The second-order valence-electron chi connectivity index (χ2n) is 7.63. The Morgan fingerprint density at radius 1 is 1.20 bits per heavy atom. The summed E-state index contributed by atoms with van der Waals surface area (Å²) in [6.07, 6.45) is -8.42. The van der Waals surface area contributed by atoms with E-state index < -0.39 is 41.3 Å². The minimum absolute atomic E-state index is 0.00482. The van der Waals surface area contributed by atoms with E-state index in [1.54, 1.807) is 0 Å². The topological polar surface area (TPSA) is 88.5 Å². The molecule has 7 nitrogen and oxygen atoms in total. The maximum Gasteiger partial charge on any atom is 0.459 e. The first-order valence-electron chi connectivity index (χ1n) is 9.64. The molecule has 0 aliphatic heterocycles. The Morgan fingerprint density at radius 3 is 2.40 bits per heavy atom. The van der Waals surface area contributed by atoms with E-state index in [0.29, 0.717) is 4.68 Å². The molecule has 1 N–H and O–H groups in total. The monoisotopic (exact) mass is 524 g/mol. The van der Waals surface area contributed by atoms with Crippen molar-refractivity contribution < 1.29 is 39.9 Å². The molecule has 3 aromatic heterocycles. The zero-order valence-corrected chi connectivity index (χ0v) is 18.1. The molecule has 1 aliphatic rings. The molecule has 1 fully saturated rings. The molecule has 3 aromatic rings. The highest BCUT2D eigenvalue weighted by Crippen LogP contribution is 2.49. The fraction of sp³-hybridized carbons (Fsp3) is 0.368. The lowest BCUT2D eigenvalue weighted by Crippen LogP contribution is -2.36. The van der Waals surface area contributed by atoms with Crippen molar-refractivity contribution in [1.29, 1.82) is 5.26 Å². The van der Waals surface area contributed by atoms with Gasteiger partial charge in [-0.3, -0.25) is 4.79 Å². The largest absolute Gasteiger partial charge is 0.459 e. The second kappa shape index (κ2) is 8.04. The summed E-state index contributed by atoms with van der Waals surface area (Å²) in [7, 11) is 0.765. The predicted octanol–water partition coefficient (Wildman–Crippen LogP) is 4.77. The summed E-state index contributed by atoms with van der Waals surface area (Å²) >= 11 is 0.835. The molecule has 0 bridgehead atoms. The van der Waals surface area contributed by atoms with Crippen LogP contribution in [0.3, 0.4) is 0 Å². The van der Waals surface area contributed by atoms with Crippen LogP contribution in [0.15, 0.2) is 18.5 Å². The summed E-state index contributed by atoms with van der Waals surface area (Å²) in [5, 5.41) is 18.5. The van der Waals surface area contributed by atoms with Crippen molar-refractivity contribution in [3.05, 3.63) is 40.2 Å². The Hall–Kier alpha value is -3.48. The Balaban J connectivity index is 1.79. The molecule has 35 heavy (non-hydrogen) atoms. The standard InChI is InChI=1S/C19H12F8N6OS/c1-32-16(13(18(22,23)24)14(31-32)17(20,21)19(25,26)27)33-7-8(6-29-33)11-4-10(12(5-28)35-11)15(34)30-9-2-3-9/h4,6-7,9H,2-3H2,1H3,(H,30,34). The van der Waals surface area contributed by atoms with Crippen molar-refractivity contribution in [2.45, 2.75) is 37.2 Å². The lowest BCUT2D eigenvalue weighted by Gasteiger charge is -2.19. The fourth-order valence-electron chi connectivity index (χ4n) is 3.23. The highest BCUT2D eigenvalue weighted by atomic mass is 32.1. The van der Waals surface area contributed by atoms with Gasteiger partial charge in [-0.15, -0.1) is 11.3 Å². The number of nitrogens with one attached hydrogen (secondary N) is 1. The van der Waals surface area contributed by atoms with Crippen LogP contribution in [-0.2, 0) is 19.1 Å². The van der Waals surface area contributed by atoms with E-state index in [4.69, 9.17) is 0 Å². The summed E-state index contributed by atoms with van der Waals surface area (Å²) in [5.41, 5.74) is -4.68. The van der Waals surface area contributed by atoms with Crippen molar-refractivity contribution in [3.63, 3.8) is 0 Å². The van der Waals surface area contributed by atoms with E-state index in [-0.39, 0.29) is 31.6 Å². The maximum atomic E-state index is 13.9. The van der Waals surface area contributed by atoms with Gasteiger partial charge in [-0.2, -0.15) is 50.6 Å². The van der Waals surface area contributed by atoms with Crippen LogP contribution in [0.25, 0.3) is 16.3 Å². The van der Waals surface area contributed by atoms with Crippen LogP contribution >= 0.6 is 11.3 Å². The van der Waals surface area contributed by atoms with Gasteiger partial charge >= 0.3 is 18.3 Å². The number of nitriles is 1. The van der Waals surface area contributed by atoms with Crippen LogP contribution in [0.1, 0.15) is 39.3 Å². The van der Waals surface area contributed by atoms with Crippen molar-refractivity contribution >= 4 is 17.2 Å². The molecular weight excluding hydrogens is 512 g/mol. The molecule has 0 saturated heterocycles. The first-order valence-corrected chi connectivity index (χ1v) is 10.5. The number of rotatable bonds is 5. The van der Waals surface area contributed by atoms with Crippen LogP contribution in [-0.4, -0.2) is 37.7 Å². The van der Waals surface area contributed by atoms with E-state index >= 15 is 0 Å². The number of hydrogen-bond acceptors (Lipinski definition) is 5. The van der Waals surface area contributed by atoms with Crippen molar-refractivity contribution in [2.24, 2.45) is 7.05 Å². The average Bonchev–Trinajstić information content (AvgIpc) is 3.15. The SMILES string of the molecule is Cn1nc(C(F)(F)C(F)(F)F)c(C(F)(F)F)c1-n1cc(-c2cc(C(=O)NC3CC3)c(C#N)s2)cn1. The number of aromatic nitrogens is 4. The average molecular weight is 524 g/mol. The molecule has 1 amide bonds. The molecule has 0 aromatic carbocycles. The van der Waals surface area contributed by atoms with Crippen LogP contribution in [0.2, 0.25) is 0 Å². The molecular formula is C19H12F8N6OS. The summed E-state index contributed by atoms with van der Waals surface area (Å²) in [5.74, 6) is -7.57. The Labute approximate surface area is 194 Å². The third-order valence-corrected chi connectivity index (χ3v) is 6.12. The maximum absolute atomic E-state index is 13.9. The van der Waals surface area contributed by atoms with Crippen LogP contribution in [0.5, 0.6) is 0 Å². The molecule has 1 saturated carbocycles. The number of nitrogens with zero attached hydrogens (tertiary/aromatic N) is 5. The van der Waals surface area contributed by atoms with Gasteiger partial charge in [-0.1, -0.05) is 0 Å². The molecule has 186 valence electrons. The van der Waals surface area contributed by atoms with E-state index in [1.165, 1.54) is 6.07 Å². The van der Waals surface area contributed by atoms with Crippen molar-refractivity contribution in [2.75, 3.05) is 0 Å². The molecule has 16 heteroatoms. The molecule has 4 rings (SSSR count). The number of halogens is 8. The fourth-order valence-corrected chi connectivity index (χ4v) is 4.16. The highest BCUT2D eigenvalue weighted by molar-refractivity contribution is 7.16. The van der Waals surface area contributed by atoms with Crippen LogP contribution in [0.4, 0.5) is 35.1 Å². The minimum Gasteiger partial charge on any atom is -0.349 e. The summed E-state index contributed by atoms with van der Waals surface area (Å²) in [4.78, 5) is 12.6. The molecule has 0 unspecified atom stereocenters. The van der Waals surface area contributed by atoms with Gasteiger partial charge in [0.15, 0.2) is 11.5 Å². The highest BCUT2D eigenvalue weighted by Gasteiger charge is 2.64. The molecule has 3 heterocycles. The minimum atomic E-state index is -6.32. The number of hydrogen-bond donors (Lipinski definition) is 1. The van der Waals surface area contributed by atoms with Gasteiger partial charge in [0.2, 0.25) is 0 Å². The van der Waals surface area contributed by atoms with Gasteiger partial charge in [-0.25, -0.2) is 9.36 Å². The predicted molar refractivity (Wildman–Crippen MR) is 104 cm³/mol. The van der Waals surface area contributed by atoms with Crippen LogP contribution in [0, 0.1) is 11.3 Å². The second-order valence-corrected chi connectivity index (χ2v) is 8.68. The van der Waals surface area contributed by atoms with Gasteiger partial charge in [0.1, 0.15) is 16.5 Å². The van der Waals surface area contributed by atoms with E-state index in [0.717, 1.165) is 43.6 Å². The van der Waals surface area contributed by atoms with Gasteiger partial charge in [-0.05, 0) is 18.9 Å². The number of aryl methyl sites for hydroxylation is 1. The Kier molecular flexibility index (Phi) is 5.66. The lowest BCUT2D eigenvalue weighted by atomic mass is 10.1. The van der Waals surface area contributed by atoms with Crippen molar-refractivity contribution in [3.8, 4) is 22.3 Å². The first-order chi connectivity index (χ1) is 16.1. The molecule has 0 radical (unpaired) electrons. The van der Waals surface area contributed by atoms with Gasteiger partial charge < -0.3 is 5.32 Å². The van der Waals surface area contributed by atoms with Gasteiger partial charge in [0, 0.05) is 29.7 Å². The number of amides is 1. The van der Waals surface area contributed by atoms with Gasteiger partial charge in [0.05, 0.1) is 11.8 Å². The molecule has 1 aliphatic carbocycles. The van der Waals surface area contributed by atoms with Gasteiger partial charge in [0.25, 0.3) is 5.91 Å². The number of thiophene rings is 1. The zero-order valence-electron chi connectivity index (χ0n) is 17.3. The smallest absolute Gasteiger partial charge is 0.349 e. The van der Waals surface area contributed by atoms with E-state index in [2.05, 4.69) is 15.5 Å². The third-order valence-electron chi connectivity index (χ3n) is 5.03. The van der Waals surface area contributed by atoms with E-state index in [1.807, 2.05) is 6.07 Å². The molecule has 0 spiro atoms. The third kappa shape index (κ3) is 4.35. The normalized spacial score (nSPS) is 14.7. The Bertz CT molecular complexity index is 1340. The van der Waals surface area contributed by atoms with Crippen LogP contribution < -0.4 is 5.32 Å².